The van der Waals surface area contributed by atoms with Crippen LogP contribution in [0.2, 0.25) is 0 Å². The van der Waals surface area contributed by atoms with Crippen molar-refractivity contribution in [1.82, 2.24) is 4.90 Å². The van der Waals surface area contributed by atoms with Crippen LogP contribution in [0.4, 0.5) is 0 Å². The van der Waals surface area contributed by atoms with Crippen LogP contribution >= 0.6 is 11.9 Å². The lowest BCUT2D eigenvalue weighted by Crippen LogP contribution is -2.34. The second-order valence-electron chi connectivity index (χ2n) is 4.88. The number of nitrogens with zero attached hydrogens (tertiary/aromatic N) is 3. The molecule has 0 saturated carbocycles. The van der Waals surface area contributed by atoms with E-state index in [4.69, 9.17) is 5.26 Å². The van der Waals surface area contributed by atoms with Crippen LogP contribution in [0.3, 0.4) is 0 Å². The fourth-order valence-corrected chi connectivity index (χ4v) is 2.59. The molecule has 3 nitrogen and oxygen atoms in total. The Bertz CT molecular complexity index is 285. The summed E-state index contributed by atoms with van der Waals surface area (Å²) >= 11 is 1.31. The third-order valence-electron chi connectivity index (χ3n) is 3.10. The molecule has 0 aromatic carbocycles. The number of nitriles is 1. The first-order valence-electron chi connectivity index (χ1n) is 6.56. The van der Waals surface area contributed by atoms with Gasteiger partial charge < -0.3 is 4.90 Å². The summed E-state index contributed by atoms with van der Waals surface area (Å²) in [5.74, 6) is 0. The first-order chi connectivity index (χ1) is 8.20. The Morgan fingerprint density at radius 2 is 2.00 bits per heavy atom. The molecular formula is C13H24N3S+. The Hall–Kier alpha value is -0.660. The summed E-state index contributed by atoms with van der Waals surface area (Å²) in [5.41, 5.74) is 0. The molecule has 4 heteroatoms. The van der Waals surface area contributed by atoms with Crippen molar-refractivity contribution in [3.63, 3.8) is 0 Å². The highest BCUT2D eigenvalue weighted by Crippen LogP contribution is 2.25. The fraction of sp³-hybridized carbons (Fsp3) is 0.769. The van der Waals surface area contributed by atoms with Gasteiger partial charge in [-0.25, -0.2) is 3.89 Å². The predicted molar refractivity (Wildman–Crippen MR) is 73.5 cm³/mol. The van der Waals surface area contributed by atoms with Gasteiger partial charge in [-0.05, 0) is 6.42 Å². The maximum atomic E-state index is 8.72. The molecule has 1 rings (SSSR count). The molecule has 1 unspecified atom stereocenters. The van der Waals surface area contributed by atoms with E-state index in [-0.39, 0.29) is 0 Å². The largest absolute Gasteiger partial charge is 0.325 e. The minimum absolute atomic E-state index is 0.659. The van der Waals surface area contributed by atoms with E-state index in [1.807, 2.05) is 0 Å². The minimum atomic E-state index is 0.659. The maximum absolute atomic E-state index is 8.72. The predicted octanol–water partition coefficient (Wildman–Crippen LogP) is 3.67. The Morgan fingerprint density at radius 3 is 2.71 bits per heavy atom. The molecule has 1 atom stereocenters. The van der Waals surface area contributed by atoms with Crippen molar-refractivity contribution in [1.29, 1.82) is 5.26 Å². The van der Waals surface area contributed by atoms with Gasteiger partial charge in [0.15, 0.2) is 12.1 Å². The lowest BCUT2D eigenvalue weighted by molar-refractivity contribution is -0.718. The molecule has 0 spiro atoms. The van der Waals surface area contributed by atoms with Crippen LogP contribution in [0.25, 0.3) is 0 Å². The summed E-state index contributed by atoms with van der Waals surface area (Å²) in [4.78, 5) is 2.32. The second kappa shape index (κ2) is 7.62. The molecule has 1 heterocycles. The molecule has 0 N–H and O–H groups in total. The summed E-state index contributed by atoms with van der Waals surface area (Å²) in [5, 5.41) is 10.9. The van der Waals surface area contributed by atoms with E-state index in [0.717, 1.165) is 13.2 Å². The van der Waals surface area contributed by atoms with Gasteiger partial charge in [-0.3, -0.25) is 0 Å². The molecule has 0 bridgehead atoms. The molecule has 1 aliphatic rings. The van der Waals surface area contributed by atoms with Crippen molar-refractivity contribution in [3.8, 4) is 5.40 Å². The van der Waals surface area contributed by atoms with Crippen LogP contribution in [0.5, 0.6) is 0 Å². The average Bonchev–Trinajstić information content (AvgIpc) is 2.66. The zero-order chi connectivity index (χ0) is 12.6. The highest BCUT2D eigenvalue weighted by Gasteiger charge is 2.28. The molecule has 0 aromatic rings. The van der Waals surface area contributed by atoms with Crippen molar-refractivity contribution >= 4 is 11.9 Å². The first kappa shape index (κ1) is 14.4. The van der Waals surface area contributed by atoms with Crippen molar-refractivity contribution in [2.24, 2.45) is 0 Å². The number of hydrogen-bond acceptors (Lipinski definition) is 3. The van der Waals surface area contributed by atoms with Crippen LogP contribution in [0, 0.1) is 10.7 Å². The Kier molecular flexibility index (Phi) is 6.46. The van der Waals surface area contributed by atoms with Gasteiger partial charge in [-0.15, -0.1) is 0 Å². The van der Waals surface area contributed by atoms with Gasteiger partial charge >= 0.3 is 0 Å². The van der Waals surface area contributed by atoms with E-state index in [1.54, 1.807) is 0 Å². The number of quaternary nitrogens is 1. The van der Waals surface area contributed by atoms with Crippen molar-refractivity contribution in [2.75, 3.05) is 20.3 Å². The minimum Gasteiger partial charge on any atom is -0.325 e. The molecule has 0 saturated heterocycles. The normalized spacial score (nSPS) is 23.0. The van der Waals surface area contributed by atoms with Crippen molar-refractivity contribution < 1.29 is 3.89 Å². The molecular weight excluding hydrogens is 230 g/mol. The summed E-state index contributed by atoms with van der Waals surface area (Å²) < 4.78 is 0.659. The van der Waals surface area contributed by atoms with Crippen molar-refractivity contribution in [3.05, 3.63) is 12.4 Å². The summed E-state index contributed by atoms with van der Waals surface area (Å²) in [6.45, 7) is 4.30. The molecule has 1 aliphatic heterocycles. The first-order valence-corrected chi connectivity index (χ1v) is 7.34. The Labute approximate surface area is 110 Å². The Balaban J connectivity index is 2.07. The van der Waals surface area contributed by atoms with Crippen LogP contribution in [-0.2, 0) is 0 Å². The average molecular weight is 254 g/mol. The molecule has 0 amide bonds. The van der Waals surface area contributed by atoms with Gasteiger partial charge in [0.25, 0.3) is 0 Å². The maximum Gasteiger partial charge on any atom is 0.201 e. The van der Waals surface area contributed by atoms with Gasteiger partial charge in [-0.1, -0.05) is 39.0 Å². The third kappa shape index (κ3) is 5.47. The highest BCUT2D eigenvalue weighted by atomic mass is 32.2. The van der Waals surface area contributed by atoms with Gasteiger partial charge in [0.2, 0.25) is 11.9 Å². The van der Waals surface area contributed by atoms with Crippen LogP contribution in [0.15, 0.2) is 12.4 Å². The number of unbranched alkanes of at least 4 members (excludes halogenated alkanes) is 5. The van der Waals surface area contributed by atoms with Gasteiger partial charge in [-0.2, -0.15) is 5.26 Å². The van der Waals surface area contributed by atoms with Gasteiger partial charge in [0.05, 0.1) is 13.2 Å². The number of hydrogen-bond donors (Lipinski definition) is 0. The third-order valence-corrected chi connectivity index (χ3v) is 3.84. The molecule has 96 valence electrons. The van der Waals surface area contributed by atoms with Crippen molar-refractivity contribution in [2.45, 2.75) is 45.4 Å². The van der Waals surface area contributed by atoms with Gasteiger partial charge in [0.1, 0.15) is 6.20 Å². The number of thiocyanates is 1. The van der Waals surface area contributed by atoms with E-state index in [9.17, 15) is 0 Å². The lowest BCUT2D eigenvalue weighted by Gasteiger charge is -2.23. The topological polar surface area (TPSA) is 27.0 Å². The summed E-state index contributed by atoms with van der Waals surface area (Å²) in [7, 11) is 2.08. The Morgan fingerprint density at radius 1 is 1.29 bits per heavy atom. The zero-order valence-electron chi connectivity index (χ0n) is 11.1. The SMILES string of the molecule is CCCCCCCCN1C=C[N+](C)(SC#N)C1. The molecule has 0 aromatic heterocycles. The van der Waals surface area contributed by atoms with E-state index in [0.29, 0.717) is 3.89 Å². The van der Waals surface area contributed by atoms with E-state index < -0.39 is 0 Å². The standard InChI is InChI=1S/C13H24N3S/c1-3-4-5-6-7-8-9-15-10-11-16(2,13-15)17-12-14/h10-11H,3-9,13H2,1-2H3/q+1. The van der Waals surface area contributed by atoms with E-state index in [1.165, 1.54) is 50.5 Å². The van der Waals surface area contributed by atoms with E-state index in [2.05, 4.69) is 36.7 Å². The van der Waals surface area contributed by atoms with Crippen LogP contribution in [0.1, 0.15) is 45.4 Å². The quantitative estimate of drug-likeness (QED) is 0.286. The summed E-state index contributed by atoms with van der Waals surface area (Å²) in [6.07, 6.45) is 12.3. The van der Waals surface area contributed by atoms with Crippen LogP contribution in [-0.4, -0.2) is 29.0 Å². The number of rotatable bonds is 8. The summed E-state index contributed by atoms with van der Waals surface area (Å²) in [6, 6.07) is 0. The van der Waals surface area contributed by atoms with E-state index >= 15 is 0 Å². The fourth-order valence-electron chi connectivity index (χ4n) is 2.08. The molecule has 17 heavy (non-hydrogen) atoms. The zero-order valence-corrected chi connectivity index (χ0v) is 11.9. The van der Waals surface area contributed by atoms with Gasteiger partial charge in [0, 0.05) is 6.54 Å². The second-order valence-corrected chi connectivity index (χ2v) is 6.08. The smallest absolute Gasteiger partial charge is 0.201 e. The molecule has 0 radical (unpaired) electrons. The monoisotopic (exact) mass is 254 g/mol. The molecule has 0 aliphatic carbocycles. The van der Waals surface area contributed by atoms with Crippen LogP contribution < -0.4 is 0 Å². The molecule has 0 fully saturated rings. The lowest BCUT2D eigenvalue weighted by atomic mass is 10.1. The highest BCUT2D eigenvalue weighted by molar-refractivity contribution is 7.98.